The van der Waals surface area contributed by atoms with Gasteiger partial charge in [-0.1, -0.05) is 25.1 Å². The molecule has 3 N–H and O–H groups in total. The second-order valence-electron chi connectivity index (χ2n) is 4.27. The predicted octanol–water partition coefficient (Wildman–Crippen LogP) is 1.80. The molecule has 0 spiro atoms. The summed E-state index contributed by atoms with van der Waals surface area (Å²) >= 11 is 0. The van der Waals surface area contributed by atoms with Crippen molar-refractivity contribution in [1.82, 2.24) is 9.88 Å². The van der Waals surface area contributed by atoms with Gasteiger partial charge in [-0.15, -0.1) is 0 Å². The van der Waals surface area contributed by atoms with E-state index >= 15 is 0 Å². The SMILES string of the molecule is CCCN(CCC)Cc1cccnc1C(N)=NO. The molecule has 5 heteroatoms. The molecule has 100 valence electrons. The first-order chi connectivity index (χ1) is 8.72. The van der Waals surface area contributed by atoms with E-state index in [-0.39, 0.29) is 5.84 Å². The van der Waals surface area contributed by atoms with Gasteiger partial charge in [0.15, 0.2) is 5.84 Å². The van der Waals surface area contributed by atoms with E-state index in [0.717, 1.165) is 38.0 Å². The Hall–Kier alpha value is -1.62. The number of nitrogens with zero attached hydrogens (tertiary/aromatic N) is 3. The quantitative estimate of drug-likeness (QED) is 0.335. The molecule has 0 aliphatic rings. The topological polar surface area (TPSA) is 74.7 Å². The maximum absolute atomic E-state index is 8.76. The zero-order valence-electron chi connectivity index (χ0n) is 11.1. The van der Waals surface area contributed by atoms with Crippen LogP contribution in [0.25, 0.3) is 0 Å². The van der Waals surface area contributed by atoms with Crippen LogP contribution in [-0.2, 0) is 6.54 Å². The van der Waals surface area contributed by atoms with Crippen LogP contribution in [0.2, 0.25) is 0 Å². The fraction of sp³-hybridized carbons (Fsp3) is 0.538. The van der Waals surface area contributed by atoms with Crippen molar-refractivity contribution in [3.63, 3.8) is 0 Å². The van der Waals surface area contributed by atoms with Crippen LogP contribution in [0.15, 0.2) is 23.5 Å². The van der Waals surface area contributed by atoms with Gasteiger partial charge in [0.25, 0.3) is 0 Å². The van der Waals surface area contributed by atoms with Crippen LogP contribution in [0.1, 0.15) is 37.9 Å². The summed E-state index contributed by atoms with van der Waals surface area (Å²) in [6.45, 7) is 7.19. The molecule has 0 unspecified atom stereocenters. The number of rotatable bonds is 7. The van der Waals surface area contributed by atoms with E-state index in [1.54, 1.807) is 6.20 Å². The summed E-state index contributed by atoms with van der Waals surface area (Å²) in [7, 11) is 0. The highest BCUT2D eigenvalue weighted by atomic mass is 16.4. The molecule has 1 aromatic heterocycles. The number of amidine groups is 1. The van der Waals surface area contributed by atoms with Crippen LogP contribution < -0.4 is 5.73 Å². The summed E-state index contributed by atoms with van der Waals surface area (Å²) in [6.07, 6.45) is 3.87. The summed E-state index contributed by atoms with van der Waals surface area (Å²) in [5.41, 5.74) is 7.20. The Bertz CT molecular complexity index is 386. The summed E-state index contributed by atoms with van der Waals surface area (Å²) in [5.74, 6) is 0.0681. The molecule has 1 aromatic rings. The van der Waals surface area contributed by atoms with E-state index in [1.165, 1.54) is 0 Å². The lowest BCUT2D eigenvalue weighted by molar-refractivity contribution is 0.266. The Kier molecular flexibility index (Phi) is 6.14. The number of hydrogen-bond acceptors (Lipinski definition) is 4. The van der Waals surface area contributed by atoms with Crippen LogP contribution in [0.3, 0.4) is 0 Å². The average Bonchev–Trinajstić information content (AvgIpc) is 2.39. The van der Waals surface area contributed by atoms with Crippen molar-refractivity contribution >= 4 is 5.84 Å². The van der Waals surface area contributed by atoms with Gasteiger partial charge in [-0.05, 0) is 37.6 Å². The molecule has 0 saturated heterocycles. The average molecular weight is 250 g/mol. The van der Waals surface area contributed by atoms with Crippen LogP contribution in [0.5, 0.6) is 0 Å². The highest BCUT2D eigenvalue weighted by molar-refractivity contribution is 5.96. The highest BCUT2D eigenvalue weighted by Gasteiger charge is 2.11. The van der Waals surface area contributed by atoms with E-state index in [0.29, 0.717) is 5.69 Å². The van der Waals surface area contributed by atoms with Gasteiger partial charge in [0, 0.05) is 12.7 Å². The Labute approximate surface area is 108 Å². The molecule has 1 rings (SSSR count). The third-order valence-corrected chi connectivity index (χ3v) is 2.72. The van der Waals surface area contributed by atoms with E-state index in [4.69, 9.17) is 10.9 Å². The van der Waals surface area contributed by atoms with Crippen LogP contribution in [-0.4, -0.2) is 34.0 Å². The Morgan fingerprint density at radius 3 is 2.61 bits per heavy atom. The van der Waals surface area contributed by atoms with Gasteiger partial charge in [-0.3, -0.25) is 9.88 Å². The van der Waals surface area contributed by atoms with Gasteiger partial charge in [0.05, 0.1) is 0 Å². The normalized spacial score (nSPS) is 12.1. The molecule has 0 fully saturated rings. The third-order valence-electron chi connectivity index (χ3n) is 2.72. The Morgan fingerprint density at radius 2 is 2.06 bits per heavy atom. The lowest BCUT2D eigenvalue weighted by atomic mass is 10.1. The number of hydrogen-bond donors (Lipinski definition) is 2. The molecule has 5 nitrogen and oxygen atoms in total. The molecule has 0 radical (unpaired) electrons. The molecule has 0 atom stereocenters. The summed E-state index contributed by atoms with van der Waals surface area (Å²) in [5, 5.41) is 11.8. The highest BCUT2D eigenvalue weighted by Crippen LogP contribution is 2.10. The molecule has 0 aliphatic heterocycles. The minimum Gasteiger partial charge on any atom is -0.409 e. The molecule has 18 heavy (non-hydrogen) atoms. The number of pyridine rings is 1. The molecule has 0 aromatic carbocycles. The first-order valence-corrected chi connectivity index (χ1v) is 6.37. The number of aromatic nitrogens is 1. The van der Waals surface area contributed by atoms with Crippen LogP contribution >= 0.6 is 0 Å². The largest absolute Gasteiger partial charge is 0.409 e. The van der Waals surface area contributed by atoms with Crippen molar-refractivity contribution in [2.24, 2.45) is 10.9 Å². The maximum atomic E-state index is 8.76. The number of nitrogens with two attached hydrogens (primary N) is 1. The fourth-order valence-electron chi connectivity index (χ4n) is 1.99. The minimum atomic E-state index is 0.0681. The molecule has 0 saturated carbocycles. The van der Waals surface area contributed by atoms with Crippen LogP contribution in [0, 0.1) is 0 Å². The summed E-state index contributed by atoms with van der Waals surface area (Å²) < 4.78 is 0. The molecule has 1 heterocycles. The van der Waals surface area contributed by atoms with Crippen molar-refractivity contribution in [3.05, 3.63) is 29.6 Å². The lowest BCUT2D eigenvalue weighted by Gasteiger charge is -2.21. The monoisotopic (exact) mass is 250 g/mol. The van der Waals surface area contributed by atoms with Gasteiger partial charge in [0.1, 0.15) is 5.69 Å². The Morgan fingerprint density at radius 1 is 1.39 bits per heavy atom. The zero-order valence-corrected chi connectivity index (χ0v) is 11.1. The van der Waals surface area contributed by atoms with Crippen LogP contribution in [0.4, 0.5) is 0 Å². The standard InChI is InChI=1S/C13H22N4O/c1-3-8-17(9-4-2)10-11-6-5-7-15-12(11)13(14)16-18/h5-7,18H,3-4,8-10H2,1-2H3,(H2,14,16). The van der Waals surface area contributed by atoms with Crippen molar-refractivity contribution in [1.29, 1.82) is 0 Å². The van der Waals surface area contributed by atoms with Crippen molar-refractivity contribution in [2.45, 2.75) is 33.2 Å². The van der Waals surface area contributed by atoms with E-state index in [9.17, 15) is 0 Å². The third kappa shape index (κ3) is 4.00. The summed E-state index contributed by atoms with van der Waals surface area (Å²) in [6, 6.07) is 3.85. The van der Waals surface area contributed by atoms with E-state index in [1.807, 2.05) is 12.1 Å². The maximum Gasteiger partial charge on any atom is 0.189 e. The van der Waals surface area contributed by atoms with Gasteiger partial charge < -0.3 is 10.9 Å². The predicted molar refractivity (Wildman–Crippen MR) is 72.6 cm³/mol. The fourth-order valence-corrected chi connectivity index (χ4v) is 1.99. The summed E-state index contributed by atoms with van der Waals surface area (Å²) in [4.78, 5) is 6.53. The van der Waals surface area contributed by atoms with Crippen molar-refractivity contribution in [3.8, 4) is 0 Å². The molecular weight excluding hydrogens is 228 g/mol. The van der Waals surface area contributed by atoms with Crippen molar-refractivity contribution < 1.29 is 5.21 Å². The second kappa shape index (κ2) is 7.66. The second-order valence-corrected chi connectivity index (χ2v) is 4.27. The molecule has 0 bridgehead atoms. The Balaban J connectivity index is 2.88. The number of oxime groups is 1. The first-order valence-electron chi connectivity index (χ1n) is 6.37. The smallest absolute Gasteiger partial charge is 0.189 e. The van der Waals surface area contributed by atoms with Gasteiger partial charge in [-0.25, -0.2) is 0 Å². The lowest BCUT2D eigenvalue weighted by Crippen LogP contribution is -2.27. The van der Waals surface area contributed by atoms with Gasteiger partial charge >= 0.3 is 0 Å². The van der Waals surface area contributed by atoms with E-state index < -0.39 is 0 Å². The van der Waals surface area contributed by atoms with Crippen molar-refractivity contribution in [2.75, 3.05) is 13.1 Å². The molecular formula is C13H22N4O. The zero-order chi connectivity index (χ0) is 13.4. The van der Waals surface area contributed by atoms with Gasteiger partial charge in [0.2, 0.25) is 0 Å². The van der Waals surface area contributed by atoms with Gasteiger partial charge in [-0.2, -0.15) is 0 Å². The molecule has 0 aliphatic carbocycles. The first kappa shape index (κ1) is 14.4. The van der Waals surface area contributed by atoms with E-state index in [2.05, 4.69) is 28.9 Å². The minimum absolute atomic E-state index is 0.0681. The molecule has 0 amide bonds.